The molecule has 19 heavy (non-hydrogen) atoms. The second-order valence-electron chi connectivity index (χ2n) is 4.79. The predicted octanol–water partition coefficient (Wildman–Crippen LogP) is 1.07. The summed E-state index contributed by atoms with van der Waals surface area (Å²) in [5, 5.41) is 12.6. The Morgan fingerprint density at radius 3 is 2.37 bits per heavy atom. The SMILES string of the molecule is Cc1noc(C)c1S(=O)(=O)N[C@H](CC(C)C)C(=O)O. The summed E-state index contributed by atoms with van der Waals surface area (Å²) < 4.78 is 31.3. The topological polar surface area (TPSA) is 110 Å². The lowest BCUT2D eigenvalue weighted by Crippen LogP contribution is -2.41. The van der Waals surface area contributed by atoms with E-state index in [9.17, 15) is 13.2 Å². The van der Waals surface area contributed by atoms with E-state index in [2.05, 4.69) is 9.88 Å². The molecule has 0 fully saturated rings. The van der Waals surface area contributed by atoms with E-state index in [1.165, 1.54) is 13.8 Å². The second-order valence-corrected chi connectivity index (χ2v) is 6.45. The van der Waals surface area contributed by atoms with Gasteiger partial charge in [-0.15, -0.1) is 0 Å². The number of carbonyl (C=O) groups is 1. The van der Waals surface area contributed by atoms with E-state index in [1.54, 1.807) is 0 Å². The van der Waals surface area contributed by atoms with Crippen LogP contribution in [0.4, 0.5) is 0 Å². The van der Waals surface area contributed by atoms with Gasteiger partial charge in [0.05, 0.1) is 0 Å². The first-order valence-electron chi connectivity index (χ1n) is 5.83. The van der Waals surface area contributed by atoms with Crippen molar-refractivity contribution < 1.29 is 22.8 Å². The lowest BCUT2D eigenvalue weighted by atomic mass is 10.1. The zero-order valence-corrected chi connectivity index (χ0v) is 12.1. The fourth-order valence-corrected chi connectivity index (χ4v) is 3.31. The third-order valence-corrected chi connectivity index (χ3v) is 4.25. The summed E-state index contributed by atoms with van der Waals surface area (Å²) >= 11 is 0. The summed E-state index contributed by atoms with van der Waals surface area (Å²) in [4.78, 5) is 11.0. The molecule has 0 spiro atoms. The molecule has 108 valence electrons. The van der Waals surface area contributed by atoms with Crippen molar-refractivity contribution in [1.29, 1.82) is 0 Å². The van der Waals surface area contributed by atoms with Crippen LogP contribution in [-0.4, -0.2) is 30.7 Å². The maximum Gasteiger partial charge on any atom is 0.321 e. The van der Waals surface area contributed by atoms with Gasteiger partial charge in [0.1, 0.15) is 16.6 Å². The van der Waals surface area contributed by atoms with Crippen molar-refractivity contribution in [1.82, 2.24) is 9.88 Å². The zero-order valence-electron chi connectivity index (χ0n) is 11.3. The summed E-state index contributed by atoms with van der Waals surface area (Å²) in [5.74, 6) is -1.02. The van der Waals surface area contributed by atoms with Crippen molar-refractivity contribution in [3.05, 3.63) is 11.5 Å². The van der Waals surface area contributed by atoms with Gasteiger partial charge >= 0.3 is 5.97 Å². The number of aromatic nitrogens is 1. The Hall–Kier alpha value is -1.41. The van der Waals surface area contributed by atoms with Crippen LogP contribution in [0.1, 0.15) is 31.7 Å². The van der Waals surface area contributed by atoms with Gasteiger partial charge in [-0.3, -0.25) is 4.79 Å². The summed E-state index contributed by atoms with van der Waals surface area (Å²) in [6, 6.07) is -1.17. The van der Waals surface area contributed by atoms with Crippen LogP contribution in [0, 0.1) is 19.8 Å². The molecule has 1 atom stereocenters. The first-order chi connectivity index (χ1) is 8.65. The van der Waals surface area contributed by atoms with Gasteiger partial charge < -0.3 is 9.63 Å². The van der Waals surface area contributed by atoms with Gasteiger partial charge in [-0.05, 0) is 26.2 Å². The molecule has 0 radical (unpaired) electrons. The summed E-state index contributed by atoms with van der Waals surface area (Å²) in [7, 11) is -3.96. The van der Waals surface area contributed by atoms with E-state index >= 15 is 0 Å². The van der Waals surface area contributed by atoms with E-state index in [0.29, 0.717) is 0 Å². The number of aryl methyl sites for hydroxylation is 2. The number of carboxylic acids is 1. The minimum Gasteiger partial charge on any atom is -0.480 e. The first-order valence-corrected chi connectivity index (χ1v) is 7.31. The van der Waals surface area contributed by atoms with E-state index in [1.807, 2.05) is 13.8 Å². The molecule has 1 aromatic rings. The molecule has 1 aromatic heterocycles. The van der Waals surface area contributed by atoms with Gasteiger partial charge in [0, 0.05) is 0 Å². The van der Waals surface area contributed by atoms with Gasteiger partial charge in [0.15, 0.2) is 5.76 Å². The van der Waals surface area contributed by atoms with Crippen LogP contribution in [-0.2, 0) is 14.8 Å². The molecule has 1 rings (SSSR count). The standard InChI is InChI=1S/C11H18N2O5S/c1-6(2)5-9(11(14)15)13-19(16,17)10-7(3)12-18-8(10)4/h6,9,13H,5H2,1-4H3,(H,14,15)/t9-/m1/s1. The Bertz CT molecular complexity index is 542. The normalized spacial score (nSPS) is 13.7. The Kier molecular flexibility index (Phi) is 4.70. The molecule has 0 aliphatic rings. The molecular formula is C11H18N2O5S. The Labute approximate surface area is 112 Å². The van der Waals surface area contributed by atoms with Crippen LogP contribution in [0.25, 0.3) is 0 Å². The molecule has 0 amide bonds. The molecule has 0 aliphatic carbocycles. The molecule has 0 saturated carbocycles. The molecule has 0 aromatic carbocycles. The maximum absolute atomic E-state index is 12.2. The van der Waals surface area contributed by atoms with Crippen LogP contribution >= 0.6 is 0 Å². The zero-order chi connectivity index (χ0) is 14.8. The Morgan fingerprint density at radius 1 is 1.42 bits per heavy atom. The average molecular weight is 290 g/mol. The van der Waals surface area contributed by atoms with E-state index in [4.69, 9.17) is 9.63 Å². The highest BCUT2D eigenvalue weighted by Crippen LogP contribution is 2.19. The number of aliphatic carboxylic acids is 1. The first kappa shape index (κ1) is 15.6. The average Bonchev–Trinajstić information content (AvgIpc) is 2.56. The lowest BCUT2D eigenvalue weighted by molar-refractivity contribution is -0.139. The third-order valence-electron chi connectivity index (χ3n) is 2.54. The van der Waals surface area contributed by atoms with E-state index < -0.39 is 22.0 Å². The van der Waals surface area contributed by atoms with Crippen LogP contribution < -0.4 is 4.72 Å². The number of carboxylic acid groups (broad SMARTS) is 1. The van der Waals surface area contributed by atoms with E-state index in [0.717, 1.165) is 0 Å². The van der Waals surface area contributed by atoms with Crippen molar-refractivity contribution in [2.45, 2.75) is 45.1 Å². The van der Waals surface area contributed by atoms with Crippen molar-refractivity contribution in [2.24, 2.45) is 5.92 Å². The molecule has 0 aliphatic heterocycles. The fourth-order valence-electron chi connectivity index (χ4n) is 1.78. The third kappa shape index (κ3) is 3.77. The number of nitrogens with zero attached hydrogens (tertiary/aromatic N) is 1. The summed E-state index contributed by atoms with van der Waals surface area (Å²) in [6.07, 6.45) is 0.206. The predicted molar refractivity (Wildman–Crippen MR) is 67.2 cm³/mol. The molecule has 8 heteroatoms. The quantitative estimate of drug-likeness (QED) is 0.811. The molecule has 0 bridgehead atoms. The molecule has 7 nitrogen and oxygen atoms in total. The number of nitrogens with one attached hydrogen (secondary N) is 1. The minimum atomic E-state index is -3.96. The van der Waals surface area contributed by atoms with Crippen LogP contribution in [0.15, 0.2) is 9.42 Å². The number of hydrogen-bond acceptors (Lipinski definition) is 5. The van der Waals surface area contributed by atoms with Gasteiger partial charge in [0.25, 0.3) is 0 Å². The van der Waals surface area contributed by atoms with Crippen molar-refractivity contribution in [3.63, 3.8) is 0 Å². The van der Waals surface area contributed by atoms with Crippen molar-refractivity contribution in [2.75, 3.05) is 0 Å². The summed E-state index contributed by atoms with van der Waals surface area (Å²) in [5.41, 5.74) is 0.207. The molecular weight excluding hydrogens is 272 g/mol. The van der Waals surface area contributed by atoms with Crippen LogP contribution in [0.5, 0.6) is 0 Å². The van der Waals surface area contributed by atoms with Gasteiger partial charge in [-0.1, -0.05) is 19.0 Å². The molecule has 2 N–H and O–H groups in total. The van der Waals surface area contributed by atoms with Crippen LogP contribution in [0.3, 0.4) is 0 Å². The number of rotatable bonds is 6. The maximum atomic E-state index is 12.2. The van der Waals surface area contributed by atoms with E-state index in [-0.39, 0.29) is 28.7 Å². The van der Waals surface area contributed by atoms with Crippen molar-refractivity contribution in [3.8, 4) is 0 Å². The molecule has 0 unspecified atom stereocenters. The largest absolute Gasteiger partial charge is 0.480 e. The molecule has 1 heterocycles. The highest BCUT2D eigenvalue weighted by Gasteiger charge is 2.30. The van der Waals surface area contributed by atoms with Gasteiger partial charge in [0.2, 0.25) is 10.0 Å². The second kappa shape index (κ2) is 5.70. The number of sulfonamides is 1. The highest BCUT2D eigenvalue weighted by molar-refractivity contribution is 7.89. The lowest BCUT2D eigenvalue weighted by Gasteiger charge is -2.16. The van der Waals surface area contributed by atoms with Gasteiger partial charge in [-0.25, -0.2) is 8.42 Å². The van der Waals surface area contributed by atoms with Crippen molar-refractivity contribution >= 4 is 16.0 Å². The monoisotopic (exact) mass is 290 g/mol. The smallest absolute Gasteiger partial charge is 0.321 e. The molecule has 0 saturated heterocycles. The van der Waals surface area contributed by atoms with Gasteiger partial charge in [-0.2, -0.15) is 4.72 Å². The Balaban J connectivity index is 3.05. The van der Waals surface area contributed by atoms with Crippen LogP contribution in [0.2, 0.25) is 0 Å². The number of hydrogen-bond donors (Lipinski definition) is 2. The minimum absolute atomic E-state index is 0.0495. The summed E-state index contributed by atoms with van der Waals surface area (Å²) in [6.45, 7) is 6.59. The Morgan fingerprint density at radius 2 is 2.00 bits per heavy atom. The highest BCUT2D eigenvalue weighted by atomic mass is 32.2. The fraction of sp³-hybridized carbons (Fsp3) is 0.636.